The summed E-state index contributed by atoms with van der Waals surface area (Å²) >= 11 is 0. The number of ether oxygens (including phenoxy) is 1. The maximum Gasteiger partial charge on any atom is 0.119 e. The molecule has 1 aliphatic carbocycles. The number of benzene rings is 1. The van der Waals surface area contributed by atoms with Crippen molar-refractivity contribution in [3.05, 3.63) is 29.5 Å². The Morgan fingerprint density at radius 1 is 1.44 bits per heavy atom. The normalized spacial score (nSPS) is 18.9. The van der Waals surface area contributed by atoms with Gasteiger partial charge in [-0.05, 0) is 55.5 Å². The molecule has 0 amide bonds. The number of nitrogens with two attached hydrogens (primary N) is 1. The summed E-state index contributed by atoms with van der Waals surface area (Å²) < 4.78 is 7.68. The number of methoxy groups -OCH3 is 1. The van der Waals surface area contributed by atoms with E-state index in [2.05, 4.69) is 23.7 Å². The lowest BCUT2D eigenvalue weighted by molar-refractivity contribution is 0.415. The number of fused-ring (bicyclic) bond motifs is 3. The minimum absolute atomic E-state index is 0.504. The fraction of sp³-hybridized carbons (Fsp3) is 0.467. The zero-order chi connectivity index (χ0) is 12.7. The Morgan fingerprint density at radius 2 is 2.28 bits per heavy atom. The summed E-state index contributed by atoms with van der Waals surface area (Å²) in [5.41, 5.74) is 10.2. The van der Waals surface area contributed by atoms with Crippen LogP contribution in [0.3, 0.4) is 0 Å². The smallest absolute Gasteiger partial charge is 0.119 e. The summed E-state index contributed by atoms with van der Waals surface area (Å²) in [6, 6.07) is 6.34. The molecule has 0 fully saturated rings. The van der Waals surface area contributed by atoms with Gasteiger partial charge in [-0.2, -0.15) is 0 Å². The van der Waals surface area contributed by atoms with Crippen LogP contribution < -0.4 is 10.5 Å². The third-order valence-corrected chi connectivity index (χ3v) is 4.23. The van der Waals surface area contributed by atoms with Crippen LogP contribution in [-0.4, -0.2) is 18.2 Å². The molecule has 18 heavy (non-hydrogen) atoms. The molecule has 0 saturated heterocycles. The molecule has 3 nitrogen and oxygen atoms in total. The van der Waals surface area contributed by atoms with Crippen LogP contribution >= 0.6 is 0 Å². The summed E-state index contributed by atoms with van der Waals surface area (Å²) in [5.74, 6) is 1.43. The molecule has 1 unspecified atom stereocenters. The SMILES string of the molecule is COc1ccc2c(c1)c1c(n2C)CCCC1CN. The number of aryl methyl sites for hydroxylation is 1. The summed E-state index contributed by atoms with van der Waals surface area (Å²) in [6.07, 6.45) is 3.62. The van der Waals surface area contributed by atoms with E-state index < -0.39 is 0 Å². The number of nitrogens with zero attached hydrogens (tertiary/aromatic N) is 1. The maximum atomic E-state index is 5.95. The summed E-state index contributed by atoms with van der Waals surface area (Å²) in [6.45, 7) is 0.739. The van der Waals surface area contributed by atoms with E-state index in [0.29, 0.717) is 5.92 Å². The average molecular weight is 244 g/mol. The predicted octanol–water partition coefficient (Wildman–Crippen LogP) is 2.57. The second kappa shape index (κ2) is 4.32. The molecule has 2 aromatic rings. The molecule has 1 atom stereocenters. The van der Waals surface area contributed by atoms with Crippen LogP contribution in [0.2, 0.25) is 0 Å². The molecule has 96 valence electrons. The molecule has 2 N–H and O–H groups in total. The number of aromatic nitrogens is 1. The molecular formula is C15H20N2O. The highest BCUT2D eigenvalue weighted by atomic mass is 16.5. The monoisotopic (exact) mass is 244 g/mol. The van der Waals surface area contributed by atoms with Crippen LogP contribution in [0.5, 0.6) is 5.75 Å². The van der Waals surface area contributed by atoms with Gasteiger partial charge >= 0.3 is 0 Å². The van der Waals surface area contributed by atoms with Gasteiger partial charge in [0, 0.05) is 23.6 Å². The van der Waals surface area contributed by atoms with Gasteiger partial charge in [0.15, 0.2) is 0 Å². The van der Waals surface area contributed by atoms with E-state index in [-0.39, 0.29) is 0 Å². The van der Waals surface area contributed by atoms with E-state index >= 15 is 0 Å². The fourth-order valence-corrected chi connectivity index (χ4v) is 3.29. The first kappa shape index (κ1) is 11.6. The molecule has 3 heteroatoms. The van der Waals surface area contributed by atoms with Gasteiger partial charge in [-0.3, -0.25) is 0 Å². The second-order valence-electron chi connectivity index (χ2n) is 5.13. The third-order valence-electron chi connectivity index (χ3n) is 4.23. The minimum Gasteiger partial charge on any atom is -0.497 e. The van der Waals surface area contributed by atoms with Gasteiger partial charge in [0.1, 0.15) is 5.75 Å². The molecule has 0 saturated carbocycles. The van der Waals surface area contributed by atoms with E-state index in [1.165, 1.54) is 41.4 Å². The molecule has 0 spiro atoms. The maximum absolute atomic E-state index is 5.95. The highest BCUT2D eigenvalue weighted by Crippen LogP contribution is 2.39. The van der Waals surface area contributed by atoms with Gasteiger partial charge in [-0.1, -0.05) is 0 Å². The Bertz CT molecular complexity index is 586. The number of rotatable bonds is 2. The lowest BCUT2D eigenvalue weighted by Gasteiger charge is -2.22. The van der Waals surface area contributed by atoms with Crippen molar-refractivity contribution in [3.8, 4) is 5.75 Å². The van der Waals surface area contributed by atoms with Gasteiger partial charge in [0.2, 0.25) is 0 Å². The molecule has 0 aliphatic heterocycles. The van der Waals surface area contributed by atoms with Crippen LogP contribution in [0.4, 0.5) is 0 Å². The largest absolute Gasteiger partial charge is 0.497 e. The van der Waals surface area contributed by atoms with E-state index in [4.69, 9.17) is 10.5 Å². The van der Waals surface area contributed by atoms with E-state index in [1.807, 2.05) is 6.07 Å². The van der Waals surface area contributed by atoms with Crippen LogP contribution in [0.1, 0.15) is 30.0 Å². The third kappa shape index (κ3) is 1.54. The van der Waals surface area contributed by atoms with E-state index in [9.17, 15) is 0 Å². The first-order valence-corrected chi connectivity index (χ1v) is 6.61. The highest BCUT2D eigenvalue weighted by molar-refractivity contribution is 5.87. The van der Waals surface area contributed by atoms with Gasteiger partial charge in [0.25, 0.3) is 0 Å². The lowest BCUT2D eigenvalue weighted by atomic mass is 9.85. The Balaban J connectivity index is 2.30. The fourth-order valence-electron chi connectivity index (χ4n) is 3.29. The lowest BCUT2D eigenvalue weighted by Crippen LogP contribution is -2.18. The summed E-state index contributed by atoms with van der Waals surface area (Å²) in [5, 5.41) is 1.32. The Labute approximate surface area is 108 Å². The van der Waals surface area contributed by atoms with Crippen molar-refractivity contribution in [3.63, 3.8) is 0 Å². The van der Waals surface area contributed by atoms with Crippen molar-refractivity contribution >= 4 is 10.9 Å². The van der Waals surface area contributed by atoms with Crippen molar-refractivity contribution in [1.82, 2.24) is 4.57 Å². The van der Waals surface area contributed by atoms with Crippen molar-refractivity contribution in [1.29, 1.82) is 0 Å². The molecule has 1 heterocycles. The zero-order valence-electron chi connectivity index (χ0n) is 11.1. The standard InChI is InChI=1S/C15H20N2O/c1-17-13-7-6-11(18-2)8-12(13)15-10(9-16)4-3-5-14(15)17/h6-8,10H,3-5,9,16H2,1-2H3. The highest BCUT2D eigenvalue weighted by Gasteiger charge is 2.25. The van der Waals surface area contributed by atoms with Gasteiger partial charge < -0.3 is 15.0 Å². The van der Waals surface area contributed by atoms with Crippen LogP contribution in [0.15, 0.2) is 18.2 Å². The van der Waals surface area contributed by atoms with Crippen molar-refractivity contribution in [2.45, 2.75) is 25.2 Å². The zero-order valence-corrected chi connectivity index (χ0v) is 11.1. The molecule has 1 aromatic carbocycles. The van der Waals surface area contributed by atoms with Gasteiger partial charge in [0.05, 0.1) is 7.11 Å². The second-order valence-corrected chi connectivity index (χ2v) is 5.13. The average Bonchev–Trinajstić information content (AvgIpc) is 2.72. The van der Waals surface area contributed by atoms with E-state index in [0.717, 1.165) is 12.3 Å². The number of hydrogen-bond acceptors (Lipinski definition) is 2. The molecule has 3 rings (SSSR count). The topological polar surface area (TPSA) is 40.2 Å². The van der Waals surface area contributed by atoms with Crippen molar-refractivity contribution in [2.75, 3.05) is 13.7 Å². The Kier molecular flexibility index (Phi) is 2.78. The molecular weight excluding hydrogens is 224 g/mol. The molecule has 0 radical (unpaired) electrons. The molecule has 1 aliphatic rings. The van der Waals surface area contributed by atoms with Crippen LogP contribution in [-0.2, 0) is 13.5 Å². The summed E-state index contributed by atoms with van der Waals surface area (Å²) in [7, 11) is 3.88. The van der Waals surface area contributed by atoms with Gasteiger partial charge in [-0.15, -0.1) is 0 Å². The first-order valence-electron chi connectivity index (χ1n) is 6.61. The molecule has 1 aromatic heterocycles. The van der Waals surface area contributed by atoms with Crippen molar-refractivity contribution in [2.24, 2.45) is 12.8 Å². The van der Waals surface area contributed by atoms with Crippen LogP contribution in [0.25, 0.3) is 10.9 Å². The van der Waals surface area contributed by atoms with E-state index in [1.54, 1.807) is 7.11 Å². The minimum atomic E-state index is 0.504. The predicted molar refractivity (Wildman–Crippen MR) is 74.2 cm³/mol. The van der Waals surface area contributed by atoms with Crippen molar-refractivity contribution < 1.29 is 4.74 Å². The Morgan fingerprint density at radius 3 is 3.00 bits per heavy atom. The Hall–Kier alpha value is -1.48. The quantitative estimate of drug-likeness (QED) is 0.882. The first-order chi connectivity index (χ1) is 8.76. The van der Waals surface area contributed by atoms with Gasteiger partial charge in [-0.25, -0.2) is 0 Å². The van der Waals surface area contributed by atoms with Crippen LogP contribution in [0, 0.1) is 0 Å². The summed E-state index contributed by atoms with van der Waals surface area (Å²) in [4.78, 5) is 0. The molecule has 0 bridgehead atoms. The number of hydrogen-bond donors (Lipinski definition) is 1.